The van der Waals surface area contributed by atoms with Crippen molar-refractivity contribution in [1.29, 1.82) is 0 Å². The molecule has 5 rings (SSSR count). The van der Waals surface area contributed by atoms with Gasteiger partial charge >= 0.3 is 0 Å². The minimum atomic E-state index is -0.256. The summed E-state index contributed by atoms with van der Waals surface area (Å²) in [5.74, 6) is 1.75. The topological polar surface area (TPSA) is 80.1 Å². The van der Waals surface area contributed by atoms with E-state index in [1.54, 1.807) is 0 Å². The molecule has 0 saturated carbocycles. The number of hydrogen-bond donors (Lipinski definition) is 1. The Morgan fingerprint density at radius 3 is 2.37 bits per heavy atom. The second-order valence-electron chi connectivity index (χ2n) is 8.06. The molecule has 2 amide bonds. The highest BCUT2D eigenvalue weighted by Crippen LogP contribution is 2.33. The summed E-state index contributed by atoms with van der Waals surface area (Å²) < 4.78 is 1.92. The molecule has 0 radical (unpaired) electrons. The molecular formula is C23H23N5O2. The largest absolute Gasteiger partial charge is 0.342 e. The van der Waals surface area contributed by atoms with Gasteiger partial charge in [-0.15, -0.1) is 10.2 Å². The molecule has 0 aliphatic carbocycles. The number of likely N-dealkylation sites (tertiary alicyclic amines) is 1. The predicted molar refractivity (Wildman–Crippen MR) is 112 cm³/mol. The maximum Gasteiger partial charge on any atom is 0.293 e. The van der Waals surface area contributed by atoms with Crippen molar-refractivity contribution in [3.63, 3.8) is 0 Å². The zero-order valence-corrected chi connectivity index (χ0v) is 16.6. The average Bonchev–Trinajstić information content (AvgIpc) is 3.37. The number of nitrogens with zero attached hydrogens (tertiary/aromatic N) is 4. The smallest absolute Gasteiger partial charge is 0.293 e. The third-order valence-electron chi connectivity index (χ3n) is 6.05. The number of benzene rings is 2. The number of amides is 2. The zero-order chi connectivity index (χ0) is 20.5. The normalized spacial score (nSPS) is 19.8. The van der Waals surface area contributed by atoms with Crippen LogP contribution in [0, 0.1) is 11.8 Å². The van der Waals surface area contributed by atoms with Crippen LogP contribution in [0.15, 0.2) is 60.7 Å². The quantitative estimate of drug-likeness (QED) is 0.728. The van der Waals surface area contributed by atoms with Crippen LogP contribution in [0.25, 0.3) is 0 Å². The SMILES string of the molecule is O=C(Nc1ccccc1)c1nnc2n1CC1CN(C(=O)Cc3ccccc3)CC1C2. The molecule has 2 unspecified atom stereocenters. The molecule has 2 atom stereocenters. The van der Waals surface area contributed by atoms with Crippen molar-refractivity contribution in [1.82, 2.24) is 19.7 Å². The van der Waals surface area contributed by atoms with Gasteiger partial charge < -0.3 is 14.8 Å². The van der Waals surface area contributed by atoms with E-state index in [4.69, 9.17) is 0 Å². The Morgan fingerprint density at radius 2 is 1.60 bits per heavy atom. The molecule has 7 heteroatoms. The number of anilines is 1. The lowest BCUT2D eigenvalue weighted by Crippen LogP contribution is -2.31. The van der Waals surface area contributed by atoms with E-state index in [1.807, 2.05) is 70.1 Å². The van der Waals surface area contributed by atoms with Crippen molar-refractivity contribution in [3.8, 4) is 0 Å². The number of rotatable bonds is 4. The van der Waals surface area contributed by atoms with Gasteiger partial charge in [0.15, 0.2) is 0 Å². The third-order valence-corrected chi connectivity index (χ3v) is 6.05. The summed E-state index contributed by atoms with van der Waals surface area (Å²) in [6.07, 6.45) is 1.17. The summed E-state index contributed by atoms with van der Waals surface area (Å²) in [5.41, 5.74) is 1.77. The van der Waals surface area contributed by atoms with E-state index in [0.29, 0.717) is 37.2 Å². The molecule has 2 aromatic carbocycles. The van der Waals surface area contributed by atoms with Crippen LogP contribution < -0.4 is 5.32 Å². The molecule has 7 nitrogen and oxygen atoms in total. The number of nitrogens with one attached hydrogen (secondary N) is 1. The molecule has 0 bridgehead atoms. The Bertz CT molecular complexity index is 1060. The molecule has 1 fully saturated rings. The number of carbonyl (C=O) groups excluding carboxylic acids is 2. The number of fused-ring (bicyclic) bond motifs is 2. The highest BCUT2D eigenvalue weighted by Gasteiger charge is 2.40. The van der Waals surface area contributed by atoms with E-state index in [1.165, 1.54) is 0 Å². The first-order valence-electron chi connectivity index (χ1n) is 10.3. The molecule has 0 spiro atoms. The van der Waals surface area contributed by atoms with Crippen LogP contribution >= 0.6 is 0 Å². The lowest BCUT2D eigenvalue weighted by Gasteiger charge is -2.25. The van der Waals surface area contributed by atoms with E-state index < -0.39 is 0 Å². The highest BCUT2D eigenvalue weighted by atomic mass is 16.2. The van der Waals surface area contributed by atoms with Gasteiger partial charge in [0, 0.05) is 31.7 Å². The Balaban J connectivity index is 1.27. The highest BCUT2D eigenvalue weighted by molar-refractivity contribution is 6.01. The van der Waals surface area contributed by atoms with Gasteiger partial charge in [-0.3, -0.25) is 9.59 Å². The summed E-state index contributed by atoms with van der Waals surface area (Å²) in [6.45, 7) is 2.13. The summed E-state index contributed by atoms with van der Waals surface area (Å²) in [4.78, 5) is 27.5. The number of aromatic nitrogens is 3. The lowest BCUT2D eigenvalue weighted by atomic mass is 9.89. The van der Waals surface area contributed by atoms with Crippen molar-refractivity contribution in [3.05, 3.63) is 77.9 Å². The average molecular weight is 401 g/mol. The molecular weight excluding hydrogens is 378 g/mol. The molecule has 30 heavy (non-hydrogen) atoms. The summed E-state index contributed by atoms with van der Waals surface area (Å²) in [5, 5.41) is 11.3. The van der Waals surface area contributed by atoms with E-state index in [0.717, 1.165) is 30.0 Å². The molecule has 152 valence electrons. The maximum absolute atomic E-state index is 12.8. The van der Waals surface area contributed by atoms with Gasteiger partial charge in [0.2, 0.25) is 11.7 Å². The van der Waals surface area contributed by atoms with Crippen molar-refractivity contribution >= 4 is 17.5 Å². The van der Waals surface area contributed by atoms with Crippen LogP contribution in [0.2, 0.25) is 0 Å². The van der Waals surface area contributed by atoms with E-state index in [-0.39, 0.29) is 11.8 Å². The second-order valence-corrected chi connectivity index (χ2v) is 8.06. The van der Waals surface area contributed by atoms with Crippen LogP contribution in [0.1, 0.15) is 22.0 Å². The van der Waals surface area contributed by atoms with E-state index in [9.17, 15) is 9.59 Å². The van der Waals surface area contributed by atoms with Crippen LogP contribution in [0.5, 0.6) is 0 Å². The standard InChI is InChI=1S/C23H23N5O2/c29-21(11-16-7-3-1-4-8-16)27-13-17-12-20-25-26-22(28(20)15-18(17)14-27)23(30)24-19-9-5-2-6-10-19/h1-10,17-18H,11-15H2,(H,24,30). The predicted octanol–water partition coefficient (Wildman–Crippen LogP) is 2.40. The van der Waals surface area contributed by atoms with Crippen LogP contribution in [0.3, 0.4) is 0 Å². The van der Waals surface area contributed by atoms with Crippen LogP contribution in [-0.2, 0) is 24.2 Å². The number of carbonyl (C=O) groups is 2. The van der Waals surface area contributed by atoms with Crippen molar-refractivity contribution in [2.75, 3.05) is 18.4 Å². The molecule has 3 aromatic rings. The Kier molecular flexibility index (Phi) is 4.78. The van der Waals surface area contributed by atoms with Crippen molar-refractivity contribution in [2.24, 2.45) is 11.8 Å². The van der Waals surface area contributed by atoms with Crippen LogP contribution in [-0.4, -0.2) is 44.6 Å². The van der Waals surface area contributed by atoms with Gasteiger partial charge in [0.05, 0.1) is 6.42 Å². The monoisotopic (exact) mass is 401 g/mol. The minimum absolute atomic E-state index is 0.161. The molecule has 2 aliphatic heterocycles. The zero-order valence-electron chi connectivity index (χ0n) is 16.6. The lowest BCUT2D eigenvalue weighted by molar-refractivity contribution is -0.129. The first kappa shape index (κ1) is 18.5. The van der Waals surface area contributed by atoms with Gasteiger partial charge in [-0.05, 0) is 29.5 Å². The van der Waals surface area contributed by atoms with E-state index in [2.05, 4.69) is 15.5 Å². The first-order chi connectivity index (χ1) is 14.7. The minimum Gasteiger partial charge on any atom is -0.342 e. The first-order valence-corrected chi connectivity index (χ1v) is 10.3. The van der Waals surface area contributed by atoms with E-state index >= 15 is 0 Å². The fourth-order valence-electron chi connectivity index (χ4n) is 4.49. The fraction of sp³-hybridized carbons (Fsp3) is 0.304. The molecule has 1 N–H and O–H groups in total. The van der Waals surface area contributed by atoms with Gasteiger partial charge in [-0.25, -0.2) is 0 Å². The number of hydrogen-bond acceptors (Lipinski definition) is 4. The third kappa shape index (κ3) is 3.58. The molecule has 1 saturated heterocycles. The van der Waals surface area contributed by atoms with Crippen molar-refractivity contribution in [2.45, 2.75) is 19.4 Å². The fourth-order valence-corrected chi connectivity index (χ4v) is 4.49. The van der Waals surface area contributed by atoms with Gasteiger partial charge in [-0.2, -0.15) is 0 Å². The van der Waals surface area contributed by atoms with Crippen molar-refractivity contribution < 1.29 is 9.59 Å². The summed E-state index contributed by atoms with van der Waals surface area (Å²) in [7, 11) is 0. The van der Waals surface area contributed by atoms with Gasteiger partial charge in [-0.1, -0.05) is 48.5 Å². The molecule has 3 heterocycles. The van der Waals surface area contributed by atoms with Gasteiger partial charge in [0.25, 0.3) is 5.91 Å². The second kappa shape index (κ2) is 7.74. The Labute approximate surface area is 174 Å². The van der Waals surface area contributed by atoms with Crippen LogP contribution in [0.4, 0.5) is 5.69 Å². The summed E-state index contributed by atoms with van der Waals surface area (Å²) >= 11 is 0. The Hall–Kier alpha value is -3.48. The number of para-hydroxylation sites is 1. The maximum atomic E-state index is 12.8. The Morgan fingerprint density at radius 1 is 0.900 bits per heavy atom. The molecule has 1 aromatic heterocycles. The molecule has 2 aliphatic rings. The summed E-state index contributed by atoms with van der Waals surface area (Å²) in [6, 6.07) is 19.2. The van der Waals surface area contributed by atoms with Gasteiger partial charge in [0.1, 0.15) is 5.82 Å².